The number of nitrogens with zero attached hydrogens (tertiary/aromatic N) is 3. The summed E-state index contributed by atoms with van der Waals surface area (Å²) in [6.45, 7) is 6.67. The highest BCUT2D eigenvalue weighted by atomic mass is 35.5. The number of anilines is 1. The minimum absolute atomic E-state index is 0.0152. The fraction of sp³-hybridized carbons (Fsp3) is 0.692. The van der Waals surface area contributed by atoms with E-state index in [-0.39, 0.29) is 5.56 Å². The first-order valence-corrected chi connectivity index (χ1v) is 7.01. The van der Waals surface area contributed by atoms with Gasteiger partial charge in [0, 0.05) is 37.9 Å². The Kier molecular flexibility index (Phi) is 4.27. The second-order valence-electron chi connectivity index (χ2n) is 5.36. The van der Waals surface area contributed by atoms with E-state index >= 15 is 0 Å². The fourth-order valence-electron chi connectivity index (χ4n) is 2.34. The molecular weight excluding hydrogens is 250 g/mol. The summed E-state index contributed by atoms with van der Waals surface area (Å²) < 4.78 is 1.75. The molecule has 2 rings (SSSR count). The van der Waals surface area contributed by atoms with Gasteiger partial charge in [0.1, 0.15) is 0 Å². The molecule has 1 aromatic heterocycles. The molecular formula is C13H20ClN3O. The van der Waals surface area contributed by atoms with Gasteiger partial charge in [-0.3, -0.25) is 4.79 Å². The molecule has 2 heterocycles. The van der Waals surface area contributed by atoms with Crippen LogP contribution >= 0.6 is 11.6 Å². The van der Waals surface area contributed by atoms with Crippen molar-refractivity contribution < 1.29 is 0 Å². The van der Waals surface area contributed by atoms with Crippen LogP contribution in [0.3, 0.4) is 0 Å². The number of aromatic nitrogens is 2. The van der Waals surface area contributed by atoms with Crippen LogP contribution in [0, 0.1) is 11.8 Å². The van der Waals surface area contributed by atoms with E-state index in [1.54, 1.807) is 17.0 Å². The van der Waals surface area contributed by atoms with E-state index in [1.165, 1.54) is 0 Å². The maximum Gasteiger partial charge on any atom is 0.293 e. The number of hydrogen-bond acceptors (Lipinski definition) is 3. The molecule has 0 radical (unpaired) electrons. The summed E-state index contributed by atoms with van der Waals surface area (Å²) in [5.41, 5.74) is 0.0152. The summed E-state index contributed by atoms with van der Waals surface area (Å²) in [7, 11) is 0. The summed E-state index contributed by atoms with van der Waals surface area (Å²) in [5.74, 6) is 2.16. The maximum absolute atomic E-state index is 12.3. The van der Waals surface area contributed by atoms with Crippen molar-refractivity contribution in [3.05, 3.63) is 22.7 Å². The molecule has 0 bridgehead atoms. The van der Waals surface area contributed by atoms with E-state index in [4.69, 9.17) is 11.6 Å². The maximum atomic E-state index is 12.3. The topological polar surface area (TPSA) is 38.1 Å². The van der Waals surface area contributed by atoms with Crippen LogP contribution in [0.15, 0.2) is 17.2 Å². The molecule has 0 aliphatic carbocycles. The third kappa shape index (κ3) is 2.86. The third-order valence-electron chi connectivity index (χ3n) is 3.26. The van der Waals surface area contributed by atoms with Crippen molar-refractivity contribution in [3.8, 4) is 0 Å². The smallest absolute Gasteiger partial charge is 0.293 e. The number of rotatable bonds is 4. The van der Waals surface area contributed by atoms with Crippen LogP contribution in [-0.4, -0.2) is 28.5 Å². The van der Waals surface area contributed by atoms with Crippen LogP contribution < -0.4 is 10.5 Å². The molecule has 0 saturated carbocycles. The first kappa shape index (κ1) is 13.4. The molecule has 0 N–H and O–H groups in total. The third-order valence-corrected chi connectivity index (χ3v) is 3.70. The Hall–Kier alpha value is -1.03. The van der Waals surface area contributed by atoms with Gasteiger partial charge in [-0.1, -0.05) is 13.8 Å². The van der Waals surface area contributed by atoms with Crippen LogP contribution in [-0.2, 0) is 6.54 Å². The first-order chi connectivity index (χ1) is 8.61. The van der Waals surface area contributed by atoms with Gasteiger partial charge < -0.3 is 9.47 Å². The van der Waals surface area contributed by atoms with E-state index in [1.807, 2.05) is 0 Å². The van der Waals surface area contributed by atoms with Gasteiger partial charge in [0.05, 0.1) is 0 Å². The zero-order valence-electron chi connectivity index (χ0n) is 11.0. The lowest BCUT2D eigenvalue weighted by atomic mass is 10.2. The highest BCUT2D eigenvalue weighted by Crippen LogP contribution is 2.20. The van der Waals surface area contributed by atoms with Gasteiger partial charge >= 0.3 is 0 Å². The van der Waals surface area contributed by atoms with Crippen molar-refractivity contribution >= 4 is 17.4 Å². The Bertz CT molecular complexity index is 458. The fourth-order valence-corrected chi connectivity index (χ4v) is 2.59. The van der Waals surface area contributed by atoms with Crippen molar-refractivity contribution in [3.63, 3.8) is 0 Å². The Balaban J connectivity index is 2.21. The van der Waals surface area contributed by atoms with E-state index in [9.17, 15) is 4.79 Å². The van der Waals surface area contributed by atoms with Gasteiger partial charge in [-0.15, -0.1) is 11.6 Å². The van der Waals surface area contributed by atoms with Crippen molar-refractivity contribution in [2.45, 2.75) is 26.8 Å². The van der Waals surface area contributed by atoms with Gasteiger partial charge in [-0.2, -0.15) is 0 Å². The molecule has 5 heteroatoms. The number of hydrogen-bond donors (Lipinski definition) is 0. The minimum atomic E-state index is 0.0152. The molecule has 1 saturated heterocycles. The van der Waals surface area contributed by atoms with Crippen LogP contribution in [0.1, 0.15) is 20.3 Å². The second-order valence-corrected chi connectivity index (χ2v) is 5.67. The molecule has 18 heavy (non-hydrogen) atoms. The van der Waals surface area contributed by atoms with Gasteiger partial charge in [0.25, 0.3) is 5.56 Å². The number of halogens is 1. The van der Waals surface area contributed by atoms with E-state index < -0.39 is 0 Å². The highest BCUT2D eigenvalue weighted by molar-refractivity contribution is 6.18. The zero-order valence-corrected chi connectivity index (χ0v) is 11.7. The Morgan fingerprint density at radius 3 is 2.94 bits per heavy atom. The lowest BCUT2D eigenvalue weighted by Gasteiger charge is -2.18. The minimum Gasteiger partial charge on any atom is -0.352 e. The van der Waals surface area contributed by atoms with Crippen LogP contribution in [0.25, 0.3) is 0 Å². The van der Waals surface area contributed by atoms with Crippen molar-refractivity contribution in [1.82, 2.24) is 9.55 Å². The second kappa shape index (κ2) is 5.74. The van der Waals surface area contributed by atoms with Crippen molar-refractivity contribution in [1.29, 1.82) is 0 Å². The average Bonchev–Trinajstić information content (AvgIpc) is 2.80. The first-order valence-electron chi connectivity index (χ1n) is 6.48. The monoisotopic (exact) mass is 269 g/mol. The van der Waals surface area contributed by atoms with Crippen LogP contribution in [0.4, 0.5) is 5.82 Å². The molecule has 1 aliphatic rings. The van der Waals surface area contributed by atoms with Gasteiger partial charge in [-0.05, 0) is 18.3 Å². The number of alkyl halides is 1. The van der Waals surface area contributed by atoms with Crippen molar-refractivity contribution in [2.24, 2.45) is 11.8 Å². The normalized spacial score (nSPS) is 19.8. The zero-order chi connectivity index (χ0) is 13.1. The molecule has 4 nitrogen and oxygen atoms in total. The Morgan fingerprint density at radius 1 is 1.56 bits per heavy atom. The summed E-state index contributed by atoms with van der Waals surface area (Å²) in [6.07, 6.45) is 4.53. The van der Waals surface area contributed by atoms with Gasteiger partial charge in [-0.25, -0.2) is 4.98 Å². The summed E-state index contributed by atoms with van der Waals surface area (Å²) in [6, 6.07) is 0. The molecule has 0 aromatic carbocycles. The lowest BCUT2D eigenvalue weighted by molar-refractivity contribution is 0.508. The van der Waals surface area contributed by atoms with Gasteiger partial charge in [0.2, 0.25) is 0 Å². The lowest BCUT2D eigenvalue weighted by Crippen LogP contribution is -2.32. The molecule has 1 unspecified atom stereocenters. The largest absolute Gasteiger partial charge is 0.352 e. The molecule has 0 amide bonds. The average molecular weight is 270 g/mol. The van der Waals surface area contributed by atoms with Crippen LogP contribution in [0.2, 0.25) is 0 Å². The van der Waals surface area contributed by atoms with Crippen LogP contribution in [0.5, 0.6) is 0 Å². The summed E-state index contributed by atoms with van der Waals surface area (Å²) in [4.78, 5) is 18.6. The molecule has 1 atom stereocenters. The van der Waals surface area contributed by atoms with Crippen molar-refractivity contribution in [2.75, 3.05) is 23.9 Å². The molecule has 1 aromatic rings. The SMILES string of the molecule is CC(C)Cn1ccnc(N2CCC(CCl)C2)c1=O. The predicted octanol–water partition coefficient (Wildman–Crippen LogP) is 1.96. The van der Waals surface area contributed by atoms with E-state index in [0.717, 1.165) is 26.1 Å². The van der Waals surface area contributed by atoms with E-state index in [0.29, 0.717) is 23.5 Å². The molecule has 1 fully saturated rings. The Labute approximate surface area is 113 Å². The Morgan fingerprint density at radius 2 is 2.33 bits per heavy atom. The molecule has 1 aliphatic heterocycles. The standard InChI is InChI=1S/C13H20ClN3O/c1-10(2)8-17-6-4-15-12(13(17)18)16-5-3-11(7-14)9-16/h4,6,10-11H,3,5,7-9H2,1-2H3. The van der Waals surface area contributed by atoms with Gasteiger partial charge in [0.15, 0.2) is 5.82 Å². The quantitative estimate of drug-likeness (QED) is 0.785. The van der Waals surface area contributed by atoms with E-state index in [2.05, 4.69) is 23.7 Å². The summed E-state index contributed by atoms with van der Waals surface area (Å²) in [5, 5.41) is 0. The highest BCUT2D eigenvalue weighted by Gasteiger charge is 2.24. The summed E-state index contributed by atoms with van der Waals surface area (Å²) >= 11 is 5.87. The molecule has 100 valence electrons. The molecule has 0 spiro atoms. The predicted molar refractivity (Wildman–Crippen MR) is 74.4 cm³/mol.